The van der Waals surface area contributed by atoms with Gasteiger partial charge >= 0.3 is 5.97 Å². The predicted molar refractivity (Wildman–Crippen MR) is 73.1 cm³/mol. The largest absolute Gasteiger partial charge is 0.469 e. The zero-order valence-electron chi connectivity index (χ0n) is 12.2. The molecule has 0 aromatic rings. The fourth-order valence-corrected chi connectivity index (χ4v) is 4.73. The van der Waals surface area contributed by atoms with Crippen LogP contribution in [-0.2, 0) is 9.53 Å². The second kappa shape index (κ2) is 4.40. The number of carbonyl (C=O) groups excluding carboxylic acids is 1. The summed E-state index contributed by atoms with van der Waals surface area (Å²) in [4.78, 5) is 12.2. The highest BCUT2D eigenvalue weighted by molar-refractivity contribution is 5.77. The molecule has 0 N–H and O–H groups in total. The molecule has 0 aliphatic heterocycles. The van der Waals surface area contributed by atoms with E-state index >= 15 is 0 Å². The topological polar surface area (TPSA) is 26.3 Å². The van der Waals surface area contributed by atoms with E-state index in [1.165, 1.54) is 26.4 Å². The minimum Gasteiger partial charge on any atom is -0.469 e. The Hall–Kier alpha value is -0.790. The van der Waals surface area contributed by atoms with Crippen molar-refractivity contribution in [1.29, 1.82) is 0 Å². The van der Waals surface area contributed by atoms with Gasteiger partial charge in [-0.1, -0.05) is 39.3 Å². The number of carbonyl (C=O) groups is 1. The average molecular weight is 250 g/mol. The van der Waals surface area contributed by atoms with E-state index in [0.717, 1.165) is 18.4 Å². The zero-order valence-corrected chi connectivity index (χ0v) is 12.2. The summed E-state index contributed by atoms with van der Waals surface area (Å²) in [5.74, 6) is 0.430. The van der Waals surface area contributed by atoms with Gasteiger partial charge in [0, 0.05) is 0 Å². The molecule has 2 aliphatic carbocycles. The van der Waals surface area contributed by atoms with Crippen molar-refractivity contribution in [2.24, 2.45) is 22.7 Å². The molecule has 2 saturated carbocycles. The quantitative estimate of drug-likeness (QED) is 0.520. The molecule has 0 amide bonds. The maximum absolute atomic E-state index is 12.2. The molecule has 0 aromatic carbocycles. The van der Waals surface area contributed by atoms with Crippen molar-refractivity contribution in [3.63, 3.8) is 0 Å². The number of methoxy groups -OCH3 is 1. The molecule has 2 aliphatic rings. The van der Waals surface area contributed by atoms with Gasteiger partial charge in [-0.3, -0.25) is 4.79 Å². The van der Waals surface area contributed by atoms with Gasteiger partial charge in [0.25, 0.3) is 0 Å². The summed E-state index contributed by atoms with van der Waals surface area (Å²) < 4.78 is 5.04. The predicted octanol–water partition coefficient (Wildman–Crippen LogP) is 3.96. The average Bonchev–Trinajstić information content (AvgIpc) is 2.26. The molecule has 0 bridgehead atoms. The molecule has 18 heavy (non-hydrogen) atoms. The maximum atomic E-state index is 12.2. The van der Waals surface area contributed by atoms with Crippen LogP contribution in [0, 0.1) is 22.7 Å². The van der Waals surface area contributed by atoms with Crippen LogP contribution < -0.4 is 0 Å². The van der Waals surface area contributed by atoms with Crippen LogP contribution in [0.5, 0.6) is 0 Å². The smallest absolute Gasteiger partial charge is 0.313 e. The van der Waals surface area contributed by atoms with Crippen LogP contribution in [0.2, 0.25) is 0 Å². The van der Waals surface area contributed by atoms with Gasteiger partial charge in [0.15, 0.2) is 0 Å². The van der Waals surface area contributed by atoms with Gasteiger partial charge < -0.3 is 4.74 Å². The molecular formula is C16H26O2. The lowest BCUT2D eigenvalue weighted by molar-refractivity contribution is -0.156. The minimum atomic E-state index is -0.0965. The molecule has 2 rings (SSSR count). The Bertz CT molecular complexity index is 361. The van der Waals surface area contributed by atoms with Gasteiger partial charge in [-0.25, -0.2) is 0 Å². The van der Waals surface area contributed by atoms with Crippen LogP contribution in [0.25, 0.3) is 0 Å². The Kier molecular flexibility index (Phi) is 3.33. The van der Waals surface area contributed by atoms with Gasteiger partial charge in [0.1, 0.15) is 0 Å². The summed E-state index contributed by atoms with van der Waals surface area (Å²) in [5.41, 5.74) is 1.46. The number of hydrogen-bond donors (Lipinski definition) is 0. The number of rotatable bonds is 1. The van der Waals surface area contributed by atoms with Gasteiger partial charge in [0.05, 0.1) is 13.0 Å². The van der Waals surface area contributed by atoms with Gasteiger partial charge in [-0.05, 0) is 42.4 Å². The second-order valence-electron chi connectivity index (χ2n) is 7.05. The third kappa shape index (κ3) is 1.90. The molecule has 0 heterocycles. The number of fused-ring (bicyclic) bond motifs is 1. The molecule has 0 radical (unpaired) electrons. The Balaban J connectivity index is 2.40. The summed E-state index contributed by atoms with van der Waals surface area (Å²) in [6.07, 6.45) is 5.76. The first-order chi connectivity index (χ1) is 8.33. The first-order valence-electron chi connectivity index (χ1n) is 7.08. The molecule has 2 nitrogen and oxygen atoms in total. The Morgan fingerprint density at radius 1 is 1.33 bits per heavy atom. The van der Waals surface area contributed by atoms with Crippen molar-refractivity contribution >= 4 is 5.97 Å². The minimum absolute atomic E-state index is 0.0458. The van der Waals surface area contributed by atoms with Gasteiger partial charge in [-0.15, -0.1) is 0 Å². The van der Waals surface area contributed by atoms with Crippen LogP contribution in [0.3, 0.4) is 0 Å². The first-order valence-corrected chi connectivity index (χ1v) is 7.08. The van der Waals surface area contributed by atoms with Gasteiger partial charge in [-0.2, -0.15) is 0 Å². The fourth-order valence-electron chi connectivity index (χ4n) is 4.73. The highest BCUT2D eigenvalue weighted by atomic mass is 16.5. The molecule has 102 valence electrons. The fraction of sp³-hybridized carbons (Fsp3) is 0.812. The standard InChI is InChI=1S/C16H26O2/c1-11-7-8-12-15(2,3)9-6-10-16(12,4)13(11)14(17)18-5/h12-13H,1,6-10H2,2-5H3/t12-,13+,16-/m1/s1. The van der Waals surface area contributed by atoms with E-state index in [1.807, 2.05) is 0 Å². The van der Waals surface area contributed by atoms with Crippen LogP contribution in [0.15, 0.2) is 12.2 Å². The molecule has 0 saturated heterocycles. The SMILES string of the molecule is C=C1CC[C@@H]2C(C)(C)CCC[C@@]2(C)[C@@H]1C(=O)OC. The molecule has 0 aromatic heterocycles. The van der Waals surface area contributed by atoms with Crippen LogP contribution >= 0.6 is 0 Å². The van der Waals surface area contributed by atoms with E-state index < -0.39 is 0 Å². The first kappa shape index (κ1) is 13.6. The van der Waals surface area contributed by atoms with Crippen LogP contribution in [0.1, 0.15) is 52.9 Å². The monoisotopic (exact) mass is 250 g/mol. The van der Waals surface area contributed by atoms with E-state index in [-0.39, 0.29) is 17.3 Å². The normalized spacial score (nSPS) is 39.0. The van der Waals surface area contributed by atoms with Crippen molar-refractivity contribution in [1.82, 2.24) is 0 Å². The highest BCUT2D eigenvalue weighted by Crippen LogP contribution is 2.60. The lowest BCUT2D eigenvalue weighted by atomic mass is 9.47. The van der Waals surface area contributed by atoms with Crippen LogP contribution in [0.4, 0.5) is 0 Å². The maximum Gasteiger partial charge on any atom is 0.313 e. The van der Waals surface area contributed by atoms with Crippen molar-refractivity contribution in [2.45, 2.75) is 52.9 Å². The number of hydrogen-bond acceptors (Lipinski definition) is 2. The van der Waals surface area contributed by atoms with E-state index in [2.05, 4.69) is 27.4 Å². The Morgan fingerprint density at radius 2 is 2.00 bits per heavy atom. The molecule has 3 atom stereocenters. The lowest BCUT2D eigenvalue weighted by Crippen LogP contribution is -2.51. The molecule has 0 unspecified atom stereocenters. The van der Waals surface area contributed by atoms with E-state index in [0.29, 0.717) is 11.3 Å². The second-order valence-corrected chi connectivity index (χ2v) is 7.05. The van der Waals surface area contributed by atoms with E-state index in [1.54, 1.807) is 0 Å². The summed E-state index contributed by atoms with van der Waals surface area (Å²) in [7, 11) is 1.50. The van der Waals surface area contributed by atoms with Crippen molar-refractivity contribution in [3.05, 3.63) is 12.2 Å². The summed E-state index contributed by atoms with van der Waals surface area (Å²) in [6.45, 7) is 11.1. The summed E-state index contributed by atoms with van der Waals surface area (Å²) in [5, 5.41) is 0. The molecule has 0 spiro atoms. The van der Waals surface area contributed by atoms with Crippen molar-refractivity contribution < 1.29 is 9.53 Å². The third-order valence-electron chi connectivity index (χ3n) is 5.53. The van der Waals surface area contributed by atoms with Gasteiger partial charge in [0.2, 0.25) is 0 Å². The lowest BCUT2D eigenvalue weighted by Gasteiger charge is -2.56. The Morgan fingerprint density at radius 3 is 2.61 bits per heavy atom. The zero-order chi connectivity index (χ0) is 13.6. The van der Waals surface area contributed by atoms with Crippen molar-refractivity contribution in [2.75, 3.05) is 7.11 Å². The Labute approximate surface area is 111 Å². The number of esters is 1. The summed E-state index contributed by atoms with van der Waals surface area (Å²) in [6, 6.07) is 0. The molecule has 2 fully saturated rings. The molecular weight excluding hydrogens is 224 g/mol. The molecule has 2 heteroatoms. The van der Waals surface area contributed by atoms with E-state index in [4.69, 9.17) is 4.74 Å². The highest BCUT2D eigenvalue weighted by Gasteiger charge is 2.55. The van der Waals surface area contributed by atoms with E-state index in [9.17, 15) is 4.79 Å². The summed E-state index contributed by atoms with van der Waals surface area (Å²) >= 11 is 0. The van der Waals surface area contributed by atoms with Crippen LogP contribution in [-0.4, -0.2) is 13.1 Å². The van der Waals surface area contributed by atoms with Crippen molar-refractivity contribution in [3.8, 4) is 0 Å². The number of ether oxygens (including phenoxy) is 1. The third-order valence-corrected chi connectivity index (χ3v) is 5.53.